The fourth-order valence-corrected chi connectivity index (χ4v) is 3.83. The molecule has 0 saturated heterocycles. The highest BCUT2D eigenvalue weighted by Crippen LogP contribution is 2.26. The summed E-state index contributed by atoms with van der Waals surface area (Å²) in [5, 5.41) is 14.8. The van der Waals surface area contributed by atoms with E-state index in [4.69, 9.17) is 22.3 Å². The Balaban J connectivity index is 2.49. The van der Waals surface area contributed by atoms with E-state index in [1.54, 1.807) is 64.1 Å². The van der Waals surface area contributed by atoms with Crippen molar-refractivity contribution in [2.45, 2.75) is 58.2 Å². The van der Waals surface area contributed by atoms with Crippen molar-refractivity contribution in [2.24, 2.45) is 0 Å². The minimum absolute atomic E-state index is 0.0208. The summed E-state index contributed by atoms with van der Waals surface area (Å²) < 4.78 is 10.2. The first kappa shape index (κ1) is 32.3. The molecule has 216 valence electrons. The average molecular weight is 562 g/mol. The van der Waals surface area contributed by atoms with E-state index in [1.165, 1.54) is 12.1 Å². The van der Waals surface area contributed by atoms with Crippen molar-refractivity contribution in [1.29, 1.82) is 0 Å². The number of rotatable bonds is 11. The summed E-state index contributed by atoms with van der Waals surface area (Å²) in [6, 6.07) is 12.1. The third kappa shape index (κ3) is 9.94. The van der Waals surface area contributed by atoms with Gasteiger partial charge in [0.2, 0.25) is 5.91 Å². The van der Waals surface area contributed by atoms with Crippen LogP contribution in [0, 0.1) is 24.8 Å². The molecule has 10 nitrogen and oxygen atoms in total. The van der Waals surface area contributed by atoms with Crippen LogP contribution in [0.3, 0.4) is 0 Å². The van der Waals surface area contributed by atoms with Crippen molar-refractivity contribution in [3.05, 3.63) is 65.2 Å². The maximum atomic E-state index is 14.0. The number of hydrogen-bond donors (Lipinski definition) is 3. The Bertz CT molecular complexity index is 1320. The smallest absolute Gasteiger partial charge is 0.408 e. The molecular formula is C31H35N3O7. The molecule has 10 heteroatoms. The van der Waals surface area contributed by atoms with E-state index in [9.17, 15) is 24.3 Å². The van der Waals surface area contributed by atoms with Crippen LogP contribution >= 0.6 is 0 Å². The molecule has 3 N–H and O–H groups in total. The first-order chi connectivity index (χ1) is 19.4. The second-order valence-corrected chi connectivity index (χ2v) is 9.89. The van der Waals surface area contributed by atoms with E-state index >= 15 is 0 Å². The van der Waals surface area contributed by atoms with Gasteiger partial charge in [0, 0.05) is 30.1 Å². The highest BCUT2D eigenvalue weighted by Gasteiger charge is 2.37. The lowest BCUT2D eigenvalue weighted by Crippen LogP contribution is -2.52. The highest BCUT2D eigenvalue weighted by atomic mass is 16.6. The molecule has 2 unspecified atom stereocenters. The second-order valence-electron chi connectivity index (χ2n) is 9.89. The fraction of sp³-hybridized carbons (Fsp3) is 0.355. The van der Waals surface area contributed by atoms with Gasteiger partial charge < -0.3 is 25.2 Å². The number of terminal acetylenes is 2. The van der Waals surface area contributed by atoms with Crippen molar-refractivity contribution in [1.82, 2.24) is 15.5 Å². The number of phenols is 1. The van der Waals surface area contributed by atoms with Crippen LogP contribution in [-0.4, -0.2) is 58.7 Å². The number of nitrogens with zero attached hydrogens (tertiary/aromatic N) is 1. The van der Waals surface area contributed by atoms with Gasteiger partial charge in [-0.05, 0) is 51.5 Å². The average Bonchev–Trinajstić information content (AvgIpc) is 2.91. The molecule has 0 aliphatic heterocycles. The number of benzene rings is 2. The standard InChI is InChI=1S/C31H35N3O7/c1-7-22-12-10-11-13-24(22)27(28(37)32-19-18-26(36)40-9-3)34(8-2)29(38)25(33-30(39)41-31(4,5)6)20-21-14-16-23(35)17-15-21/h1-2,10-17,25,27,35H,9,18-20H2,3-6H3,(H,32,37)(H,33,39). The minimum atomic E-state index is -1.40. The lowest BCUT2D eigenvalue weighted by molar-refractivity contribution is -0.143. The normalized spacial score (nSPS) is 12.0. The van der Waals surface area contributed by atoms with Crippen LogP contribution < -0.4 is 10.6 Å². The zero-order chi connectivity index (χ0) is 30.6. The van der Waals surface area contributed by atoms with Crippen molar-refractivity contribution >= 4 is 23.9 Å². The molecule has 3 amide bonds. The number of ether oxygens (including phenoxy) is 2. The molecule has 0 saturated carbocycles. The quantitative estimate of drug-likeness (QED) is 0.218. The molecule has 0 aromatic heterocycles. The predicted molar refractivity (Wildman–Crippen MR) is 152 cm³/mol. The van der Waals surface area contributed by atoms with E-state index in [0.29, 0.717) is 11.1 Å². The van der Waals surface area contributed by atoms with Crippen LogP contribution in [0.25, 0.3) is 0 Å². The summed E-state index contributed by atoms with van der Waals surface area (Å²) in [7, 11) is 0. The maximum absolute atomic E-state index is 14.0. The number of nitrogens with one attached hydrogen (secondary N) is 2. The van der Waals surface area contributed by atoms with Crippen LogP contribution in [0.4, 0.5) is 4.79 Å². The highest BCUT2D eigenvalue weighted by molar-refractivity contribution is 5.94. The third-order valence-electron chi connectivity index (χ3n) is 5.59. The minimum Gasteiger partial charge on any atom is -0.508 e. The number of hydrogen-bond acceptors (Lipinski definition) is 7. The summed E-state index contributed by atoms with van der Waals surface area (Å²) in [6.45, 7) is 6.79. The van der Waals surface area contributed by atoms with Crippen molar-refractivity contribution < 1.29 is 33.8 Å². The van der Waals surface area contributed by atoms with E-state index in [2.05, 4.69) is 22.6 Å². The van der Waals surface area contributed by atoms with Gasteiger partial charge in [-0.2, -0.15) is 0 Å². The molecule has 0 heterocycles. The van der Waals surface area contributed by atoms with Crippen molar-refractivity contribution in [2.75, 3.05) is 13.2 Å². The van der Waals surface area contributed by atoms with Crippen LogP contribution in [0.15, 0.2) is 48.5 Å². The van der Waals surface area contributed by atoms with Crippen LogP contribution in [0.5, 0.6) is 5.75 Å². The van der Waals surface area contributed by atoms with Crippen LogP contribution in [-0.2, 0) is 30.3 Å². The molecule has 0 spiro atoms. The molecule has 41 heavy (non-hydrogen) atoms. The Morgan fingerprint density at radius 2 is 1.71 bits per heavy atom. The third-order valence-corrected chi connectivity index (χ3v) is 5.59. The van der Waals surface area contributed by atoms with E-state index in [0.717, 1.165) is 4.90 Å². The molecule has 0 aliphatic rings. The van der Waals surface area contributed by atoms with Crippen LogP contribution in [0.2, 0.25) is 0 Å². The second kappa shape index (κ2) is 15.0. The Morgan fingerprint density at radius 1 is 1.05 bits per heavy atom. The summed E-state index contributed by atoms with van der Waals surface area (Å²) in [6.07, 6.45) is 10.5. The van der Waals surface area contributed by atoms with Crippen molar-refractivity contribution in [3.8, 4) is 30.6 Å². The number of aromatic hydroxyl groups is 1. The summed E-state index contributed by atoms with van der Waals surface area (Å²) in [5.41, 5.74) is 0.334. The number of carbonyl (C=O) groups excluding carboxylic acids is 4. The molecule has 2 aromatic carbocycles. The Morgan fingerprint density at radius 3 is 2.29 bits per heavy atom. The summed E-state index contributed by atoms with van der Waals surface area (Å²) in [5.74, 6) is 0.534. The van der Waals surface area contributed by atoms with Gasteiger partial charge in [-0.15, -0.1) is 6.42 Å². The number of carbonyl (C=O) groups is 4. The number of amides is 3. The summed E-state index contributed by atoms with van der Waals surface area (Å²) >= 11 is 0. The van der Waals surface area contributed by atoms with Gasteiger partial charge in [0.15, 0.2) is 0 Å². The maximum Gasteiger partial charge on any atom is 0.408 e. The molecular weight excluding hydrogens is 526 g/mol. The van der Waals surface area contributed by atoms with E-state index in [-0.39, 0.29) is 37.3 Å². The van der Waals surface area contributed by atoms with Gasteiger partial charge in [-0.3, -0.25) is 19.3 Å². The lowest BCUT2D eigenvalue weighted by atomic mass is 9.97. The Hall–Kier alpha value is -4.96. The van der Waals surface area contributed by atoms with Gasteiger partial charge in [-0.25, -0.2) is 4.79 Å². The molecule has 0 radical (unpaired) electrons. The fourth-order valence-electron chi connectivity index (χ4n) is 3.83. The Labute approximate surface area is 240 Å². The topological polar surface area (TPSA) is 134 Å². The molecule has 2 aromatic rings. The zero-order valence-electron chi connectivity index (χ0n) is 23.6. The monoisotopic (exact) mass is 561 g/mol. The molecule has 0 fully saturated rings. The SMILES string of the molecule is C#Cc1ccccc1C(C(=O)NCCC(=O)OCC)N(C#C)C(=O)C(Cc1ccc(O)cc1)NC(=O)OC(C)(C)C. The number of phenolic OH excluding ortho intramolecular Hbond substituents is 1. The largest absolute Gasteiger partial charge is 0.508 e. The van der Waals surface area contributed by atoms with Crippen molar-refractivity contribution in [3.63, 3.8) is 0 Å². The molecule has 0 aliphatic carbocycles. The zero-order valence-corrected chi connectivity index (χ0v) is 23.6. The summed E-state index contributed by atoms with van der Waals surface area (Å²) in [4.78, 5) is 52.9. The van der Waals surface area contributed by atoms with E-state index in [1.807, 2.05) is 0 Å². The predicted octanol–water partition coefficient (Wildman–Crippen LogP) is 3.04. The first-order valence-corrected chi connectivity index (χ1v) is 13.0. The lowest BCUT2D eigenvalue weighted by Gasteiger charge is -2.31. The molecule has 0 bridgehead atoms. The first-order valence-electron chi connectivity index (χ1n) is 13.0. The van der Waals surface area contributed by atoms with E-state index < -0.39 is 41.6 Å². The molecule has 2 atom stereocenters. The number of esters is 1. The van der Waals surface area contributed by atoms with Gasteiger partial charge in [0.1, 0.15) is 23.4 Å². The van der Waals surface area contributed by atoms with Crippen LogP contribution in [0.1, 0.15) is 56.8 Å². The van der Waals surface area contributed by atoms with Gasteiger partial charge in [0.25, 0.3) is 5.91 Å². The van der Waals surface area contributed by atoms with Gasteiger partial charge >= 0.3 is 12.1 Å². The van der Waals surface area contributed by atoms with Gasteiger partial charge in [-0.1, -0.05) is 42.7 Å². The number of alkyl carbamates (subject to hydrolysis) is 1. The van der Waals surface area contributed by atoms with Gasteiger partial charge in [0.05, 0.1) is 13.0 Å². The molecule has 2 rings (SSSR count). The Kier molecular flexibility index (Phi) is 11.8.